The zero-order chi connectivity index (χ0) is 17.9. The Morgan fingerprint density at radius 3 is 1.52 bits per heavy atom. The standard InChI is InChI=1S/C22H24O2S/c1-17-8-5-11-20(14-17)25(4,21-12-6-9-18(15-21)23-2)22-13-7-10-19(16-22)24-3/h5-16H,1-4H3. The van der Waals surface area contributed by atoms with Crippen molar-refractivity contribution in [2.45, 2.75) is 21.6 Å². The van der Waals surface area contributed by atoms with Gasteiger partial charge in [0.15, 0.2) is 0 Å². The van der Waals surface area contributed by atoms with Crippen molar-refractivity contribution in [1.82, 2.24) is 0 Å². The van der Waals surface area contributed by atoms with Crippen molar-refractivity contribution in [2.24, 2.45) is 0 Å². The Kier molecular flexibility index (Phi) is 5.05. The molecule has 3 heteroatoms. The predicted octanol–water partition coefficient (Wildman–Crippen LogP) is 5.92. The first-order chi connectivity index (χ1) is 12.1. The van der Waals surface area contributed by atoms with Gasteiger partial charge < -0.3 is 9.47 Å². The van der Waals surface area contributed by atoms with Crippen LogP contribution in [0.4, 0.5) is 0 Å². The van der Waals surface area contributed by atoms with Crippen molar-refractivity contribution in [2.75, 3.05) is 20.5 Å². The third-order valence-corrected chi connectivity index (χ3v) is 8.08. The molecule has 0 bridgehead atoms. The molecular weight excluding hydrogens is 328 g/mol. The van der Waals surface area contributed by atoms with Gasteiger partial charge in [-0.15, -0.1) is 0 Å². The number of methoxy groups -OCH3 is 2. The highest BCUT2D eigenvalue weighted by molar-refractivity contribution is 8.33. The van der Waals surface area contributed by atoms with Gasteiger partial charge in [0, 0.05) is 9.79 Å². The lowest BCUT2D eigenvalue weighted by Crippen LogP contribution is -2.03. The fraction of sp³-hybridized carbons (Fsp3) is 0.182. The first kappa shape index (κ1) is 17.4. The second-order valence-electron chi connectivity index (χ2n) is 6.09. The van der Waals surface area contributed by atoms with Crippen molar-refractivity contribution in [1.29, 1.82) is 0 Å². The fourth-order valence-electron chi connectivity index (χ4n) is 2.99. The molecule has 0 radical (unpaired) electrons. The summed E-state index contributed by atoms with van der Waals surface area (Å²) >= 11 is 0. The molecule has 0 unspecified atom stereocenters. The Morgan fingerprint density at radius 1 is 0.640 bits per heavy atom. The molecule has 3 aromatic carbocycles. The molecule has 0 spiro atoms. The van der Waals surface area contributed by atoms with E-state index in [1.165, 1.54) is 20.2 Å². The van der Waals surface area contributed by atoms with E-state index in [2.05, 4.69) is 73.8 Å². The quantitative estimate of drug-likeness (QED) is 0.567. The summed E-state index contributed by atoms with van der Waals surface area (Å²) < 4.78 is 11.0. The number of hydrogen-bond acceptors (Lipinski definition) is 2. The topological polar surface area (TPSA) is 18.5 Å². The van der Waals surface area contributed by atoms with Gasteiger partial charge in [-0.1, -0.05) is 29.8 Å². The van der Waals surface area contributed by atoms with Crippen LogP contribution in [0, 0.1) is 6.92 Å². The Labute approximate surface area is 151 Å². The number of benzene rings is 3. The highest BCUT2D eigenvalue weighted by atomic mass is 32.3. The SMILES string of the molecule is COc1cccc(S(C)(c2cccc(C)c2)c2cccc(OC)c2)c1. The van der Waals surface area contributed by atoms with Crippen LogP contribution in [0.25, 0.3) is 0 Å². The van der Waals surface area contributed by atoms with Crippen LogP contribution in [0.3, 0.4) is 0 Å². The summed E-state index contributed by atoms with van der Waals surface area (Å²) in [4.78, 5) is 3.87. The van der Waals surface area contributed by atoms with Crippen LogP contribution >= 0.6 is 10.0 Å². The first-order valence-electron chi connectivity index (χ1n) is 8.21. The molecule has 3 aromatic rings. The van der Waals surface area contributed by atoms with Crippen molar-refractivity contribution in [3.63, 3.8) is 0 Å². The molecule has 0 aromatic heterocycles. The molecule has 0 saturated carbocycles. The van der Waals surface area contributed by atoms with Gasteiger partial charge in [-0.05, 0) is 66.6 Å². The van der Waals surface area contributed by atoms with E-state index in [0.29, 0.717) is 0 Å². The zero-order valence-corrected chi connectivity index (χ0v) is 16.0. The van der Waals surface area contributed by atoms with Gasteiger partial charge >= 0.3 is 0 Å². The van der Waals surface area contributed by atoms with E-state index in [1.807, 2.05) is 12.1 Å². The van der Waals surface area contributed by atoms with E-state index in [9.17, 15) is 0 Å². The maximum atomic E-state index is 5.48. The van der Waals surface area contributed by atoms with E-state index in [4.69, 9.17) is 9.47 Å². The smallest absolute Gasteiger partial charge is 0.119 e. The summed E-state index contributed by atoms with van der Waals surface area (Å²) in [5, 5.41) is 0. The molecule has 0 aliphatic carbocycles. The molecule has 25 heavy (non-hydrogen) atoms. The minimum absolute atomic E-state index is 0.881. The third-order valence-electron chi connectivity index (χ3n) is 4.49. The van der Waals surface area contributed by atoms with Crippen LogP contribution in [0.5, 0.6) is 11.5 Å². The van der Waals surface area contributed by atoms with Gasteiger partial charge in [-0.2, -0.15) is 10.0 Å². The summed E-state index contributed by atoms with van der Waals surface area (Å²) in [6.45, 7) is 2.14. The van der Waals surface area contributed by atoms with Crippen molar-refractivity contribution in [3.8, 4) is 11.5 Å². The summed E-state index contributed by atoms with van der Waals surface area (Å²) in [7, 11) is 2.00. The third kappa shape index (κ3) is 3.38. The molecule has 130 valence electrons. The minimum Gasteiger partial charge on any atom is -0.497 e. The average Bonchev–Trinajstić information content (AvgIpc) is 2.67. The molecule has 0 aliphatic rings. The van der Waals surface area contributed by atoms with Crippen molar-refractivity contribution >= 4 is 10.0 Å². The summed E-state index contributed by atoms with van der Waals surface area (Å²) in [5.74, 6) is 1.76. The fourth-order valence-corrected chi connectivity index (χ4v) is 5.98. The second-order valence-corrected chi connectivity index (χ2v) is 9.34. The Hall–Kier alpha value is -2.39. The van der Waals surface area contributed by atoms with E-state index < -0.39 is 10.0 Å². The average molecular weight is 352 g/mol. The number of hydrogen-bond donors (Lipinski definition) is 0. The van der Waals surface area contributed by atoms with Crippen LogP contribution in [-0.4, -0.2) is 20.5 Å². The maximum absolute atomic E-state index is 5.48. The van der Waals surface area contributed by atoms with Gasteiger partial charge in [0.05, 0.1) is 14.2 Å². The molecule has 3 rings (SSSR count). The van der Waals surface area contributed by atoms with E-state index in [-0.39, 0.29) is 0 Å². The lowest BCUT2D eigenvalue weighted by Gasteiger charge is -2.38. The van der Waals surface area contributed by atoms with Crippen LogP contribution in [-0.2, 0) is 0 Å². The normalized spacial score (nSPS) is 11.8. The number of ether oxygens (including phenoxy) is 2. The largest absolute Gasteiger partial charge is 0.497 e. The lowest BCUT2D eigenvalue weighted by atomic mass is 10.2. The molecule has 0 heterocycles. The highest BCUT2D eigenvalue weighted by Gasteiger charge is 2.27. The second kappa shape index (κ2) is 7.24. The predicted molar refractivity (Wildman–Crippen MR) is 105 cm³/mol. The Bertz CT molecular complexity index is 826. The molecule has 0 fully saturated rings. The number of rotatable bonds is 5. The lowest BCUT2D eigenvalue weighted by molar-refractivity contribution is 0.413. The van der Waals surface area contributed by atoms with Gasteiger partial charge in [0.25, 0.3) is 0 Å². The molecule has 0 N–H and O–H groups in total. The zero-order valence-electron chi connectivity index (χ0n) is 15.2. The van der Waals surface area contributed by atoms with Gasteiger partial charge in [-0.25, -0.2) is 0 Å². The summed E-state index contributed by atoms with van der Waals surface area (Å²) in [6.07, 6.45) is 2.34. The molecular formula is C22H24O2S. The molecule has 0 atom stereocenters. The van der Waals surface area contributed by atoms with E-state index in [1.54, 1.807) is 14.2 Å². The van der Waals surface area contributed by atoms with Crippen LogP contribution in [0.15, 0.2) is 87.5 Å². The molecule has 0 amide bonds. The first-order valence-corrected chi connectivity index (χ1v) is 10.3. The van der Waals surface area contributed by atoms with Gasteiger partial charge in [-0.3, -0.25) is 0 Å². The van der Waals surface area contributed by atoms with Crippen molar-refractivity contribution in [3.05, 3.63) is 78.4 Å². The monoisotopic (exact) mass is 352 g/mol. The number of aryl methyl sites for hydroxylation is 1. The summed E-state index contributed by atoms with van der Waals surface area (Å²) in [5.41, 5.74) is 1.27. The van der Waals surface area contributed by atoms with Crippen LogP contribution in [0.1, 0.15) is 5.56 Å². The van der Waals surface area contributed by atoms with Crippen LogP contribution < -0.4 is 9.47 Å². The highest BCUT2D eigenvalue weighted by Crippen LogP contribution is 2.66. The Balaban J connectivity index is 2.27. The summed E-state index contributed by atoms with van der Waals surface area (Å²) in [6, 6.07) is 25.6. The van der Waals surface area contributed by atoms with Gasteiger partial charge in [0.2, 0.25) is 0 Å². The van der Waals surface area contributed by atoms with E-state index >= 15 is 0 Å². The Morgan fingerprint density at radius 2 is 1.08 bits per heavy atom. The molecule has 0 saturated heterocycles. The van der Waals surface area contributed by atoms with Crippen molar-refractivity contribution < 1.29 is 9.47 Å². The minimum atomic E-state index is -1.42. The van der Waals surface area contributed by atoms with E-state index in [0.717, 1.165) is 11.5 Å². The molecule has 0 aliphatic heterocycles. The maximum Gasteiger partial charge on any atom is 0.119 e. The van der Waals surface area contributed by atoms with Gasteiger partial charge in [0.1, 0.15) is 11.5 Å². The van der Waals surface area contributed by atoms with Crippen LogP contribution in [0.2, 0.25) is 0 Å². The molecule has 2 nitrogen and oxygen atoms in total.